The van der Waals surface area contributed by atoms with Gasteiger partial charge in [-0.05, 0) is 44.7 Å². The Labute approximate surface area is 175 Å². The van der Waals surface area contributed by atoms with Gasteiger partial charge in [0.15, 0.2) is 5.82 Å². The average Bonchev–Trinajstić information content (AvgIpc) is 3.13. The molecule has 3 rings (SSSR count). The minimum Gasteiger partial charge on any atom is -0.478 e. The highest BCUT2D eigenvalue weighted by molar-refractivity contribution is 5.70. The van der Waals surface area contributed by atoms with Crippen molar-refractivity contribution in [3.05, 3.63) is 35.5 Å². The molecule has 8 heteroatoms. The molecule has 162 valence electrons. The smallest absolute Gasteiger partial charge is 0.306 e. The summed E-state index contributed by atoms with van der Waals surface area (Å²) in [7, 11) is 0. The summed E-state index contributed by atoms with van der Waals surface area (Å²) < 4.78 is 40.3. The number of anilines is 1. The first kappa shape index (κ1) is 21.9. The van der Waals surface area contributed by atoms with Crippen molar-refractivity contribution in [3.8, 4) is 17.3 Å². The lowest BCUT2D eigenvalue weighted by atomic mass is 10.1. The molecule has 30 heavy (non-hydrogen) atoms. The Morgan fingerprint density at radius 1 is 1.20 bits per heavy atom. The minimum absolute atomic E-state index is 0.0147. The van der Waals surface area contributed by atoms with Crippen molar-refractivity contribution in [2.24, 2.45) is 5.92 Å². The van der Waals surface area contributed by atoms with Gasteiger partial charge >= 0.3 is 5.97 Å². The number of nitrogens with zero attached hydrogens (tertiary/aromatic N) is 3. The summed E-state index contributed by atoms with van der Waals surface area (Å²) in [5, 5.41) is 0. The number of halogens is 2. The second kappa shape index (κ2) is 9.82. The van der Waals surface area contributed by atoms with E-state index in [9.17, 15) is 13.6 Å². The first-order chi connectivity index (χ1) is 14.4. The first-order valence-corrected chi connectivity index (χ1v) is 10.3. The van der Waals surface area contributed by atoms with E-state index in [0.29, 0.717) is 44.3 Å². The number of esters is 1. The predicted molar refractivity (Wildman–Crippen MR) is 109 cm³/mol. The molecule has 1 aliphatic rings. The Morgan fingerprint density at radius 2 is 1.93 bits per heavy atom. The van der Waals surface area contributed by atoms with E-state index < -0.39 is 11.6 Å². The largest absolute Gasteiger partial charge is 0.478 e. The van der Waals surface area contributed by atoms with E-state index >= 15 is 0 Å². The number of carbonyl (C=O) groups excluding carboxylic acids is 1. The molecule has 6 nitrogen and oxygen atoms in total. The second-order valence-corrected chi connectivity index (χ2v) is 7.42. The topological polar surface area (TPSA) is 64.5 Å². The van der Waals surface area contributed by atoms with Crippen LogP contribution in [0.25, 0.3) is 11.4 Å². The highest BCUT2D eigenvalue weighted by Crippen LogP contribution is 2.33. The Hall–Kier alpha value is -2.77. The molecule has 0 spiro atoms. The normalized spacial score (nSPS) is 16.0. The number of aryl methyl sites for hydroxylation is 1. The number of benzene rings is 1. The Kier molecular flexibility index (Phi) is 7.18. The molecular formula is C22H27F2N3O3. The third kappa shape index (κ3) is 5.23. The first-order valence-electron chi connectivity index (χ1n) is 10.3. The number of aromatic nitrogens is 2. The summed E-state index contributed by atoms with van der Waals surface area (Å²) >= 11 is 0. The van der Waals surface area contributed by atoms with Crippen molar-refractivity contribution < 1.29 is 23.0 Å². The fourth-order valence-corrected chi connectivity index (χ4v) is 3.60. The van der Waals surface area contributed by atoms with Crippen LogP contribution in [0.3, 0.4) is 0 Å². The van der Waals surface area contributed by atoms with Gasteiger partial charge in [-0.2, -0.15) is 4.98 Å². The Bertz CT molecular complexity index is 884. The van der Waals surface area contributed by atoms with Crippen LogP contribution in [0.15, 0.2) is 18.2 Å². The lowest BCUT2D eigenvalue weighted by Gasteiger charge is -2.20. The van der Waals surface area contributed by atoms with Crippen molar-refractivity contribution in [2.75, 3.05) is 31.2 Å². The lowest BCUT2D eigenvalue weighted by molar-refractivity contribution is -0.144. The fraction of sp³-hybridized carbons (Fsp3) is 0.500. The van der Waals surface area contributed by atoms with Crippen molar-refractivity contribution >= 4 is 11.7 Å². The molecule has 0 bridgehead atoms. The highest BCUT2D eigenvalue weighted by Gasteiger charge is 2.29. The Balaban J connectivity index is 1.80. The van der Waals surface area contributed by atoms with Crippen LogP contribution >= 0.6 is 0 Å². The number of carbonyl (C=O) groups is 1. The molecule has 0 amide bonds. The molecule has 1 saturated heterocycles. The van der Waals surface area contributed by atoms with E-state index in [4.69, 9.17) is 9.47 Å². The fourth-order valence-electron chi connectivity index (χ4n) is 3.60. The average molecular weight is 419 g/mol. The minimum atomic E-state index is -0.678. The molecule has 0 N–H and O–H groups in total. The molecule has 1 aromatic heterocycles. The van der Waals surface area contributed by atoms with E-state index in [2.05, 4.69) is 9.97 Å². The van der Waals surface area contributed by atoms with Crippen LogP contribution in [0, 0.1) is 24.5 Å². The van der Waals surface area contributed by atoms with Gasteiger partial charge < -0.3 is 14.4 Å². The van der Waals surface area contributed by atoms with Gasteiger partial charge in [-0.25, -0.2) is 13.8 Å². The number of hydrogen-bond donors (Lipinski definition) is 0. The summed E-state index contributed by atoms with van der Waals surface area (Å²) in [6, 6.07) is 4.18. The van der Waals surface area contributed by atoms with Crippen molar-refractivity contribution in [1.29, 1.82) is 0 Å². The van der Waals surface area contributed by atoms with Crippen LogP contribution in [0.1, 0.15) is 38.8 Å². The predicted octanol–water partition coefficient (Wildman–Crippen LogP) is 4.30. The maximum absolute atomic E-state index is 14.9. The zero-order valence-electron chi connectivity index (χ0n) is 17.6. The van der Waals surface area contributed by atoms with Gasteiger partial charge in [-0.15, -0.1) is 0 Å². The molecular weight excluding hydrogens is 392 g/mol. The van der Waals surface area contributed by atoms with E-state index in [1.165, 1.54) is 12.1 Å². The molecule has 0 radical (unpaired) electrons. The molecule has 1 atom stereocenters. The van der Waals surface area contributed by atoms with Crippen LogP contribution in [0.2, 0.25) is 0 Å². The van der Waals surface area contributed by atoms with Crippen LogP contribution in [-0.2, 0) is 9.53 Å². The molecule has 2 heterocycles. The number of hydrogen-bond acceptors (Lipinski definition) is 6. The van der Waals surface area contributed by atoms with E-state index in [1.807, 2.05) is 6.92 Å². The quantitative estimate of drug-likeness (QED) is 0.595. The summed E-state index contributed by atoms with van der Waals surface area (Å²) in [4.78, 5) is 21.9. The summed E-state index contributed by atoms with van der Waals surface area (Å²) in [6.07, 6.45) is 1.76. The monoisotopic (exact) mass is 419 g/mol. The lowest BCUT2D eigenvalue weighted by Crippen LogP contribution is -2.23. The van der Waals surface area contributed by atoms with Gasteiger partial charge in [0.1, 0.15) is 17.3 Å². The molecule has 0 saturated carbocycles. The SMILES string of the molecule is CCCOc1cc(C)nc(-c2cc(F)c(N3CCC(CC(=O)OCC)C3)c(F)c2)n1. The zero-order valence-corrected chi connectivity index (χ0v) is 17.6. The van der Waals surface area contributed by atoms with Crippen molar-refractivity contribution in [2.45, 2.75) is 40.0 Å². The van der Waals surface area contributed by atoms with Crippen molar-refractivity contribution in [3.63, 3.8) is 0 Å². The van der Waals surface area contributed by atoms with Gasteiger partial charge in [0, 0.05) is 30.4 Å². The second-order valence-electron chi connectivity index (χ2n) is 7.42. The van der Waals surface area contributed by atoms with Gasteiger partial charge in [0.2, 0.25) is 5.88 Å². The van der Waals surface area contributed by atoms with E-state index in [-0.39, 0.29) is 35.4 Å². The van der Waals surface area contributed by atoms with Gasteiger partial charge in [-0.1, -0.05) is 6.92 Å². The summed E-state index contributed by atoms with van der Waals surface area (Å²) in [5.74, 6) is -1.03. The molecule has 1 aromatic carbocycles. The van der Waals surface area contributed by atoms with E-state index in [1.54, 1.807) is 24.8 Å². The van der Waals surface area contributed by atoms with E-state index in [0.717, 1.165) is 6.42 Å². The van der Waals surface area contributed by atoms with Crippen LogP contribution in [0.5, 0.6) is 5.88 Å². The molecule has 1 aliphatic heterocycles. The third-order valence-electron chi connectivity index (χ3n) is 4.92. The van der Waals surface area contributed by atoms with Crippen LogP contribution < -0.4 is 9.64 Å². The molecule has 1 unspecified atom stereocenters. The highest BCUT2D eigenvalue weighted by atomic mass is 19.1. The molecule has 0 aliphatic carbocycles. The number of ether oxygens (including phenoxy) is 2. The van der Waals surface area contributed by atoms with Crippen LogP contribution in [0.4, 0.5) is 14.5 Å². The van der Waals surface area contributed by atoms with Crippen LogP contribution in [-0.4, -0.2) is 42.2 Å². The number of rotatable bonds is 8. The van der Waals surface area contributed by atoms with Crippen molar-refractivity contribution in [1.82, 2.24) is 9.97 Å². The summed E-state index contributed by atoms with van der Waals surface area (Å²) in [5.41, 5.74) is 0.818. The summed E-state index contributed by atoms with van der Waals surface area (Å²) in [6.45, 7) is 7.22. The van der Waals surface area contributed by atoms with Gasteiger partial charge in [0.05, 0.1) is 19.6 Å². The zero-order chi connectivity index (χ0) is 21.7. The Morgan fingerprint density at radius 3 is 2.60 bits per heavy atom. The third-order valence-corrected chi connectivity index (χ3v) is 4.92. The van der Waals surface area contributed by atoms with Gasteiger partial charge in [-0.3, -0.25) is 4.79 Å². The maximum Gasteiger partial charge on any atom is 0.306 e. The standard InChI is InChI=1S/C22H27F2N3O3/c1-4-8-30-19-9-14(3)25-22(26-19)16-11-17(23)21(18(24)12-16)27-7-6-15(13-27)10-20(28)29-5-2/h9,11-12,15H,4-8,10,13H2,1-3H3. The van der Waals surface area contributed by atoms with Gasteiger partial charge in [0.25, 0.3) is 0 Å². The maximum atomic E-state index is 14.9. The molecule has 1 fully saturated rings. The molecule has 2 aromatic rings.